The quantitative estimate of drug-likeness (QED) is 0.609. The Kier molecular flexibility index (Phi) is 7.57. The largest absolute Gasteiger partial charge is 0.336 e. The van der Waals surface area contributed by atoms with Gasteiger partial charge in [0.15, 0.2) is 0 Å². The second kappa shape index (κ2) is 11.0. The van der Waals surface area contributed by atoms with Gasteiger partial charge in [0, 0.05) is 37.6 Å². The van der Waals surface area contributed by atoms with E-state index in [1.54, 1.807) is 0 Å². The van der Waals surface area contributed by atoms with Crippen molar-refractivity contribution in [3.8, 4) is 0 Å². The molecule has 3 aliphatic rings. The number of hydrogen-bond donors (Lipinski definition) is 0. The zero-order valence-electron chi connectivity index (χ0n) is 20.1. The van der Waals surface area contributed by atoms with Crippen LogP contribution in [0.15, 0.2) is 36.4 Å². The Bertz CT molecular complexity index is 919. The van der Waals surface area contributed by atoms with Gasteiger partial charge in [-0.25, -0.2) is 4.98 Å². The number of fused-ring (bicyclic) bond motifs is 1. The fourth-order valence-electron chi connectivity index (χ4n) is 6.23. The number of para-hydroxylation sites is 1. The van der Waals surface area contributed by atoms with Gasteiger partial charge in [-0.15, -0.1) is 0 Å². The molecule has 0 N–H and O–H groups in total. The van der Waals surface area contributed by atoms with Crippen LogP contribution >= 0.6 is 0 Å². The summed E-state index contributed by atoms with van der Waals surface area (Å²) in [5, 5.41) is 1.09. The lowest BCUT2D eigenvalue weighted by molar-refractivity contribution is 0.0605. The molecule has 5 rings (SSSR count). The highest BCUT2D eigenvalue weighted by molar-refractivity contribution is 5.94. The molecule has 33 heavy (non-hydrogen) atoms. The van der Waals surface area contributed by atoms with Crippen molar-refractivity contribution in [1.29, 1.82) is 0 Å². The zero-order chi connectivity index (χ0) is 22.5. The number of benzene rings is 1. The second-order valence-corrected chi connectivity index (χ2v) is 10.5. The van der Waals surface area contributed by atoms with Gasteiger partial charge >= 0.3 is 0 Å². The van der Waals surface area contributed by atoms with E-state index in [4.69, 9.17) is 4.98 Å². The van der Waals surface area contributed by atoms with Crippen molar-refractivity contribution < 1.29 is 4.79 Å². The van der Waals surface area contributed by atoms with Crippen molar-refractivity contribution in [3.63, 3.8) is 0 Å². The van der Waals surface area contributed by atoms with Crippen molar-refractivity contribution >= 4 is 16.8 Å². The van der Waals surface area contributed by atoms with Crippen LogP contribution in [0.2, 0.25) is 0 Å². The summed E-state index contributed by atoms with van der Waals surface area (Å²) in [6, 6.07) is 12.8. The summed E-state index contributed by atoms with van der Waals surface area (Å²) in [6.07, 6.45) is 11.9. The average Bonchev–Trinajstić information content (AvgIpc) is 3.42. The Balaban J connectivity index is 1.29. The van der Waals surface area contributed by atoms with Crippen LogP contribution in [0.4, 0.5) is 0 Å². The smallest absolute Gasteiger partial charge is 0.272 e. The lowest BCUT2D eigenvalue weighted by atomic mass is 9.95. The van der Waals surface area contributed by atoms with Gasteiger partial charge in [0.1, 0.15) is 5.69 Å². The van der Waals surface area contributed by atoms with Crippen molar-refractivity contribution in [1.82, 2.24) is 19.7 Å². The molecule has 3 heterocycles. The fourth-order valence-corrected chi connectivity index (χ4v) is 6.23. The van der Waals surface area contributed by atoms with Crippen molar-refractivity contribution in [2.24, 2.45) is 5.92 Å². The summed E-state index contributed by atoms with van der Waals surface area (Å²) in [5.41, 5.74) is 1.50. The molecule has 1 amide bonds. The molecule has 1 unspecified atom stereocenters. The molecule has 2 aliphatic heterocycles. The van der Waals surface area contributed by atoms with Gasteiger partial charge in [0.25, 0.3) is 5.91 Å². The van der Waals surface area contributed by atoms with Crippen LogP contribution in [0.3, 0.4) is 0 Å². The highest BCUT2D eigenvalue weighted by Gasteiger charge is 2.30. The summed E-state index contributed by atoms with van der Waals surface area (Å²) >= 11 is 0. The fraction of sp³-hybridized carbons (Fsp3) is 0.643. The average molecular weight is 449 g/mol. The number of aromatic nitrogens is 1. The minimum Gasteiger partial charge on any atom is -0.336 e. The summed E-state index contributed by atoms with van der Waals surface area (Å²) < 4.78 is 0. The molecule has 2 aromatic rings. The first-order chi connectivity index (χ1) is 16.3. The third kappa shape index (κ3) is 5.75. The highest BCUT2D eigenvalue weighted by atomic mass is 16.2. The van der Waals surface area contributed by atoms with Crippen LogP contribution in [0.25, 0.3) is 10.9 Å². The maximum Gasteiger partial charge on any atom is 0.272 e. The summed E-state index contributed by atoms with van der Waals surface area (Å²) in [5.74, 6) is 0.681. The van der Waals surface area contributed by atoms with E-state index in [9.17, 15) is 4.79 Å². The molecule has 5 heteroatoms. The topological polar surface area (TPSA) is 39.7 Å². The van der Waals surface area contributed by atoms with E-state index < -0.39 is 0 Å². The zero-order valence-corrected chi connectivity index (χ0v) is 20.1. The van der Waals surface area contributed by atoms with Crippen LogP contribution in [0.1, 0.15) is 68.3 Å². The van der Waals surface area contributed by atoms with Gasteiger partial charge < -0.3 is 14.7 Å². The first-order valence-corrected chi connectivity index (χ1v) is 13.4. The normalized spacial score (nSPS) is 23.2. The van der Waals surface area contributed by atoms with Crippen LogP contribution < -0.4 is 0 Å². The predicted molar refractivity (Wildman–Crippen MR) is 134 cm³/mol. The highest BCUT2D eigenvalue weighted by Crippen LogP contribution is 2.28. The molecule has 0 radical (unpaired) electrons. The monoisotopic (exact) mass is 448 g/mol. The van der Waals surface area contributed by atoms with Crippen LogP contribution in [-0.2, 0) is 0 Å². The predicted octanol–water partition coefficient (Wildman–Crippen LogP) is 4.82. The molecule has 1 aromatic carbocycles. The number of hydrogen-bond acceptors (Lipinski definition) is 4. The number of carbonyl (C=O) groups excluding carboxylic acids is 1. The number of rotatable bonds is 7. The summed E-state index contributed by atoms with van der Waals surface area (Å²) in [4.78, 5) is 25.9. The van der Waals surface area contributed by atoms with Crippen molar-refractivity contribution in [2.75, 3.05) is 45.8 Å². The number of carbonyl (C=O) groups is 1. The molecule has 1 aliphatic carbocycles. The molecule has 1 atom stereocenters. The Morgan fingerprint density at radius 1 is 0.909 bits per heavy atom. The van der Waals surface area contributed by atoms with E-state index >= 15 is 0 Å². The van der Waals surface area contributed by atoms with Gasteiger partial charge in [-0.2, -0.15) is 0 Å². The first-order valence-electron chi connectivity index (χ1n) is 13.4. The minimum atomic E-state index is 0.107. The molecule has 5 nitrogen and oxygen atoms in total. The van der Waals surface area contributed by atoms with E-state index in [0.29, 0.717) is 11.6 Å². The Morgan fingerprint density at radius 3 is 2.58 bits per heavy atom. The summed E-state index contributed by atoms with van der Waals surface area (Å²) in [7, 11) is 0. The van der Waals surface area contributed by atoms with E-state index in [1.807, 2.05) is 30.3 Å². The van der Waals surface area contributed by atoms with Crippen LogP contribution in [-0.4, -0.2) is 77.4 Å². The lowest BCUT2D eigenvalue weighted by Crippen LogP contribution is -2.47. The molecular weight excluding hydrogens is 408 g/mol. The Labute approximate surface area is 199 Å². The standard InChI is InChI=1S/C28H40N4O/c33-28(27-15-14-24-10-2-5-13-26(24)29-27)32(20-19-30-16-6-1-7-17-30)22-23-9-8-18-31(21-23)25-11-3-4-12-25/h2,5,10,13-15,23,25H,1,3-4,6-9,11-12,16-22H2. The SMILES string of the molecule is O=C(c1ccc2ccccc2n1)N(CCN1CCCCC1)CC1CCCN(C2CCCC2)C1. The molecule has 0 spiro atoms. The van der Waals surface area contributed by atoms with Crippen molar-refractivity contribution in [3.05, 3.63) is 42.1 Å². The van der Waals surface area contributed by atoms with E-state index in [-0.39, 0.29) is 5.91 Å². The van der Waals surface area contributed by atoms with Gasteiger partial charge in [0.2, 0.25) is 0 Å². The maximum atomic E-state index is 13.7. The lowest BCUT2D eigenvalue weighted by Gasteiger charge is -2.39. The number of amides is 1. The van der Waals surface area contributed by atoms with E-state index in [2.05, 4.69) is 20.8 Å². The third-order valence-electron chi connectivity index (χ3n) is 8.11. The number of piperidine rings is 2. The number of nitrogens with zero attached hydrogens (tertiary/aromatic N) is 4. The van der Waals surface area contributed by atoms with Crippen molar-refractivity contribution in [2.45, 2.75) is 63.8 Å². The number of likely N-dealkylation sites (tertiary alicyclic amines) is 2. The Hall–Kier alpha value is -1.98. The molecule has 2 saturated heterocycles. The van der Waals surface area contributed by atoms with Crippen LogP contribution in [0.5, 0.6) is 0 Å². The minimum absolute atomic E-state index is 0.107. The molecule has 1 saturated carbocycles. The Morgan fingerprint density at radius 2 is 1.73 bits per heavy atom. The molecule has 178 valence electrons. The third-order valence-corrected chi connectivity index (χ3v) is 8.11. The molecule has 1 aromatic heterocycles. The second-order valence-electron chi connectivity index (χ2n) is 10.5. The van der Waals surface area contributed by atoms with E-state index in [1.165, 1.54) is 77.4 Å². The van der Waals surface area contributed by atoms with Crippen LogP contribution in [0, 0.1) is 5.92 Å². The molecule has 3 fully saturated rings. The van der Waals surface area contributed by atoms with E-state index in [0.717, 1.165) is 43.1 Å². The van der Waals surface area contributed by atoms with Gasteiger partial charge in [-0.3, -0.25) is 4.79 Å². The van der Waals surface area contributed by atoms with Gasteiger partial charge in [-0.1, -0.05) is 43.5 Å². The molecule has 0 bridgehead atoms. The molecular formula is C28H40N4O. The van der Waals surface area contributed by atoms with Gasteiger partial charge in [0.05, 0.1) is 5.52 Å². The maximum absolute atomic E-state index is 13.7. The van der Waals surface area contributed by atoms with Gasteiger partial charge in [-0.05, 0) is 76.2 Å². The first kappa shape index (κ1) is 22.8. The summed E-state index contributed by atoms with van der Waals surface area (Å²) in [6.45, 7) is 7.42. The number of pyridine rings is 1.